The van der Waals surface area contributed by atoms with Gasteiger partial charge in [0, 0.05) is 39.1 Å². The normalized spacial score (nSPS) is 20.3. The summed E-state index contributed by atoms with van der Waals surface area (Å²) in [4.78, 5) is 14.2. The zero-order chi connectivity index (χ0) is 16.7. The molecule has 25 heavy (non-hydrogen) atoms. The summed E-state index contributed by atoms with van der Waals surface area (Å²) in [6, 6.07) is 8.65. The highest BCUT2D eigenvalue weighted by molar-refractivity contribution is 5.85. The Balaban J connectivity index is 0.00000288. The van der Waals surface area contributed by atoms with Crippen LogP contribution in [-0.2, 0) is 17.9 Å². The highest BCUT2D eigenvalue weighted by Gasteiger charge is 2.21. The van der Waals surface area contributed by atoms with Gasteiger partial charge in [-0.1, -0.05) is 38.1 Å². The van der Waals surface area contributed by atoms with E-state index >= 15 is 0 Å². The van der Waals surface area contributed by atoms with Crippen molar-refractivity contribution < 1.29 is 4.79 Å². The number of carbonyl (C=O) groups excluding carboxylic acids is 1. The smallest absolute Gasteiger partial charge is 0.221 e. The summed E-state index contributed by atoms with van der Waals surface area (Å²) >= 11 is 0. The molecule has 1 heterocycles. The maximum Gasteiger partial charge on any atom is 0.221 e. The third-order valence-electron chi connectivity index (χ3n) is 4.47. The van der Waals surface area contributed by atoms with Crippen molar-refractivity contribution in [3.05, 3.63) is 35.4 Å². The zero-order valence-corrected chi connectivity index (χ0v) is 17.2. The van der Waals surface area contributed by atoms with Crippen molar-refractivity contribution in [1.29, 1.82) is 0 Å². The molecule has 0 saturated carbocycles. The highest BCUT2D eigenvalue weighted by Crippen LogP contribution is 2.22. The van der Waals surface area contributed by atoms with Crippen LogP contribution in [0.1, 0.15) is 37.8 Å². The number of nitrogens with one attached hydrogen (secondary N) is 2. The Hall–Kier alpha value is -0.810. The molecule has 144 valence electrons. The summed E-state index contributed by atoms with van der Waals surface area (Å²) in [7, 11) is 1.86. The SMILES string of the molecule is CNCCC(=O)NCc1ccc(CN2CC(C)CC(C)C2)cc1.Cl.Cl. The summed E-state index contributed by atoms with van der Waals surface area (Å²) in [5.41, 5.74) is 2.52. The van der Waals surface area contributed by atoms with E-state index in [1.165, 1.54) is 25.1 Å². The number of likely N-dealkylation sites (tertiary alicyclic amines) is 1. The van der Waals surface area contributed by atoms with Crippen LogP contribution in [0.25, 0.3) is 0 Å². The summed E-state index contributed by atoms with van der Waals surface area (Å²) in [5.74, 6) is 1.69. The summed E-state index contributed by atoms with van der Waals surface area (Å²) < 4.78 is 0. The fraction of sp³-hybridized carbons (Fsp3) is 0.632. The summed E-state index contributed by atoms with van der Waals surface area (Å²) in [6.07, 6.45) is 1.88. The van der Waals surface area contributed by atoms with Gasteiger partial charge in [0.25, 0.3) is 0 Å². The van der Waals surface area contributed by atoms with Crippen LogP contribution in [-0.4, -0.2) is 37.5 Å². The van der Waals surface area contributed by atoms with Gasteiger partial charge in [-0.05, 0) is 36.4 Å². The van der Waals surface area contributed by atoms with Crippen LogP contribution in [0.5, 0.6) is 0 Å². The number of hydrogen-bond donors (Lipinski definition) is 2. The second-order valence-electron chi connectivity index (χ2n) is 7.09. The molecule has 1 aromatic carbocycles. The Morgan fingerprint density at radius 1 is 1.08 bits per heavy atom. The van der Waals surface area contributed by atoms with Gasteiger partial charge in [0.05, 0.1) is 0 Å². The number of amides is 1. The van der Waals surface area contributed by atoms with Crippen LogP contribution in [0.4, 0.5) is 0 Å². The van der Waals surface area contributed by atoms with Crippen molar-refractivity contribution in [2.45, 2.75) is 39.8 Å². The molecule has 1 fully saturated rings. The predicted octanol–water partition coefficient (Wildman–Crippen LogP) is 3.23. The van der Waals surface area contributed by atoms with E-state index in [0.29, 0.717) is 13.0 Å². The molecule has 2 atom stereocenters. The number of nitrogens with zero attached hydrogens (tertiary/aromatic N) is 1. The number of piperidine rings is 1. The quantitative estimate of drug-likeness (QED) is 0.751. The number of rotatable bonds is 7. The van der Waals surface area contributed by atoms with E-state index in [9.17, 15) is 4.79 Å². The van der Waals surface area contributed by atoms with E-state index in [1.807, 2.05) is 7.05 Å². The third kappa shape index (κ3) is 8.91. The number of carbonyl (C=O) groups is 1. The van der Waals surface area contributed by atoms with Gasteiger partial charge < -0.3 is 10.6 Å². The Bertz CT molecular complexity index is 486. The highest BCUT2D eigenvalue weighted by atomic mass is 35.5. The van der Waals surface area contributed by atoms with Gasteiger partial charge in [-0.3, -0.25) is 9.69 Å². The molecule has 1 amide bonds. The molecule has 0 spiro atoms. The first kappa shape index (κ1) is 24.2. The van der Waals surface area contributed by atoms with Crippen molar-refractivity contribution in [1.82, 2.24) is 15.5 Å². The molecule has 0 radical (unpaired) electrons. The molecule has 1 saturated heterocycles. The molecule has 0 aliphatic carbocycles. The van der Waals surface area contributed by atoms with E-state index in [-0.39, 0.29) is 30.7 Å². The molecule has 6 heteroatoms. The van der Waals surface area contributed by atoms with Gasteiger partial charge in [0.15, 0.2) is 0 Å². The summed E-state index contributed by atoms with van der Waals surface area (Å²) in [5, 5.41) is 5.94. The van der Waals surface area contributed by atoms with E-state index in [2.05, 4.69) is 53.6 Å². The van der Waals surface area contributed by atoms with Crippen molar-refractivity contribution in [2.24, 2.45) is 11.8 Å². The second kappa shape index (κ2) is 12.5. The molecule has 2 rings (SSSR count). The lowest BCUT2D eigenvalue weighted by Crippen LogP contribution is -2.38. The van der Waals surface area contributed by atoms with Crippen molar-refractivity contribution >= 4 is 30.7 Å². The topological polar surface area (TPSA) is 44.4 Å². The van der Waals surface area contributed by atoms with Gasteiger partial charge in [-0.2, -0.15) is 0 Å². The van der Waals surface area contributed by atoms with E-state index < -0.39 is 0 Å². The molecule has 1 aliphatic heterocycles. The maximum atomic E-state index is 11.6. The third-order valence-corrected chi connectivity index (χ3v) is 4.47. The fourth-order valence-corrected chi connectivity index (χ4v) is 3.47. The Morgan fingerprint density at radius 2 is 1.64 bits per heavy atom. The maximum absolute atomic E-state index is 11.6. The van der Waals surface area contributed by atoms with Gasteiger partial charge in [0.1, 0.15) is 0 Å². The summed E-state index contributed by atoms with van der Waals surface area (Å²) in [6.45, 7) is 9.47. The molecule has 2 unspecified atom stereocenters. The first-order valence-corrected chi connectivity index (χ1v) is 8.78. The second-order valence-corrected chi connectivity index (χ2v) is 7.09. The van der Waals surface area contributed by atoms with Gasteiger partial charge >= 0.3 is 0 Å². The van der Waals surface area contributed by atoms with E-state index in [4.69, 9.17) is 0 Å². The average molecular weight is 390 g/mol. The lowest BCUT2D eigenvalue weighted by molar-refractivity contribution is -0.121. The van der Waals surface area contributed by atoms with Crippen LogP contribution >= 0.6 is 24.8 Å². The molecule has 0 aromatic heterocycles. The first-order valence-electron chi connectivity index (χ1n) is 8.78. The van der Waals surface area contributed by atoms with E-state index in [1.54, 1.807) is 0 Å². The standard InChI is InChI=1S/C19H31N3O.2ClH/c1-15-10-16(2)13-22(12-15)14-18-6-4-17(5-7-18)11-21-19(23)8-9-20-3;;/h4-7,15-16,20H,8-14H2,1-3H3,(H,21,23);2*1H. The van der Waals surface area contributed by atoms with E-state index in [0.717, 1.165) is 30.5 Å². The molecule has 2 N–H and O–H groups in total. The Labute approximate surface area is 164 Å². The van der Waals surface area contributed by atoms with Crippen molar-refractivity contribution in [2.75, 3.05) is 26.7 Å². The number of benzene rings is 1. The van der Waals surface area contributed by atoms with Crippen molar-refractivity contribution in [3.8, 4) is 0 Å². The molecular weight excluding hydrogens is 357 g/mol. The van der Waals surface area contributed by atoms with Gasteiger partial charge in [-0.15, -0.1) is 24.8 Å². The monoisotopic (exact) mass is 389 g/mol. The lowest BCUT2D eigenvalue weighted by atomic mass is 9.91. The molecule has 4 nitrogen and oxygen atoms in total. The van der Waals surface area contributed by atoms with Crippen LogP contribution < -0.4 is 10.6 Å². The largest absolute Gasteiger partial charge is 0.352 e. The van der Waals surface area contributed by atoms with Crippen molar-refractivity contribution in [3.63, 3.8) is 0 Å². The Morgan fingerprint density at radius 3 is 2.20 bits per heavy atom. The molecule has 1 aliphatic rings. The zero-order valence-electron chi connectivity index (χ0n) is 15.6. The Kier molecular flexibility index (Phi) is 12.1. The van der Waals surface area contributed by atoms with Crippen LogP contribution in [0.2, 0.25) is 0 Å². The molecular formula is C19H33Cl2N3O. The average Bonchev–Trinajstić information content (AvgIpc) is 2.51. The van der Waals surface area contributed by atoms with Crippen LogP contribution in [0.3, 0.4) is 0 Å². The number of hydrogen-bond acceptors (Lipinski definition) is 3. The fourth-order valence-electron chi connectivity index (χ4n) is 3.47. The molecule has 1 aromatic rings. The predicted molar refractivity (Wildman–Crippen MR) is 110 cm³/mol. The lowest BCUT2D eigenvalue weighted by Gasteiger charge is -2.35. The van der Waals surface area contributed by atoms with Gasteiger partial charge in [0.2, 0.25) is 5.91 Å². The minimum atomic E-state index is 0. The minimum absolute atomic E-state index is 0. The first-order chi connectivity index (χ1) is 11.1. The number of halogens is 2. The molecule has 0 bridgehead atoms. The van der Waals surface area contributed by atoms with Crippen LogP contribution in [0.15, 0.2) is 24.3 Å². The minimum Gasteiger partial charge on any atom is -0.352 e. The van der Waals surface area contributed by atoms with Crippen LogP contribution in [0, 0.1) is 11.8 Å². The van der Waals surface area contributed by atoms with Gasteiger partial charge in [-0.25, -0.2) is 0 Å².